The number of hydrogen-bond acceptors (Lipinski definition) is 7. The van der Waals surface area contributed by atoms with Crippen LogP contribution in [0.3, 0.4) is 0 Å². The van der Waals surface area contributed by atoms with Crippen molar-refractivity contribution in [1.82, 2.24) is 9.97 Å². The molecule has 0 aliphatic heterocycles. The smallest absolute Gasteiger partial charge is 0.222 e. The number of nitrogens with two attached hydrogens (primary N) is 2. The average molecular weight is 397 g/mol. The van der Waals surface area contributed by atoms with Crippen LogP contribution in [0.4, 0.5) is 11.8 Å². The lowest BCUT2D eigenvalue weighted by Gasteiger charge is -2.13. The minimum absolute atomic E-state index is 0.00582. The van der Waals surface area contributed by atoms with Crippen LogP contribution in [0, 0.1) is 11.3 Å². The van der Waals surface area contributed by atoms with Gasteiger partial charge >= 0.3 is 0 Å². The van der Waals surface area contributed by atoms with E-state index in [-0.39, 0.29) is 23.9 Å². The Hall–Kier alpha value is -4.31. The molecule has 0 saturated heterocycles. The zero-order valence-corrected chi connectivity index (χ0v) is 16.3. The molecule has 0 fully saturated rings. The Morgan fingerprint density at radius 3 is 2.53 bits per heavy atom. The Morgan fingerprint density at radius 2 is 1.77 bits per heavy atom. The molecule has 4 rings (SSSR count). The third-order valence-corrected chi connectivity index (χ3v) is 4.74. The first-order chi connectivity index (χ1) is 14.6. The lowest BCUT2D eigenvalue weighted by atomic mass is 10.0. The van der Waals surface area contributed by atoms with Gasteiger partial charge in [-0.3, -0.25) is 0 Å². The number of nitrogen functional groups attached to an aromatic ring is 2. The summed E-state index contributed by atoms with van der Waals surface area (Å²) in [6.45, 7) is 0.271. The average Bonchev–Trinajstić information content (AvgIpc) is 2.77. The molecular formula is C23H19N5O2. The molecule has 0 bridgehead atoms. The summed E-state index contributed by atoms with van der Waals surface area (Å²) in [7, 11) is 1.59. The van der Waals surface area contributed by atoms with Crippen molar-refractivity contribution in [2.24, 2.45) is 0 Å². The zero-order chi connectivity index (χ0) is 21.1. The van der Waals surface area contributed by atoms with E-state index in [1.807, 2.05) is 48.5 Å². The van der Waals surface area contributed by atoms with Gasteiger partial charge in [0.15, 0.2) is 0 Å². The van der Waals surface area contributed by atoms with Gasteiger partial charge < -0.3 is 20.9 Å². The van der Waals surface area contributed by atoms with Crippen LogP contribution in [0.1, 0.15) is 11.1 Å². The second-order valence-corrected chi connectivity index (χ2v) is 6.63. The van der Waals surface area contributed by atoms with E-state index >= 15 is 0 Å². The van der Waals surface area contributed by atoms with Crippen LogP contribution in [-0.4, -0.2) is 17.1 Å². The zero-order valence-electron chi connectivity index (χ0n) is 16.3. The van der Waals surface area contributed by atoms with Crippen LogP contribution in [-0.2, 0) is 6.61 Å². The number of benzene rings is 3. The van der Waals surface area contributed by atoms with E-state index < -0.39 is 0 Å². The molecule has 0 amide bonds. The highest BCUT2D eigenvalue weighted by molar-refractivity contribution is 5.83. The van der Waals surface area contributed by atoms with Gasteiger partial charge in [0.05, 0.1) is 12.8 Å². The molecule has 0 radical (unpaired) electrons. The fourth-order valence-corrected chi connectivity index (χ4v) is 3.27. The summed E-state index contributed by atoms with van der Waals surface area (Å²) in [5.41, 5.74) is 13.6. The first kappa shape index (κ1) is 19.0. The number of ether oxygens (including phenoxy) is 2. The molecule has 7 nitrogen and oxygen atoms in total. The lowest BCUT2D eigenvalue weighted by molar-refractivity contribution is 0.297. The highest BCUT2D eigenvalue weighted by Crippen LogP contribution is 2.31. The van der Waals surface area contributed by atoms with Crippen molar-refractivity contribution in [3.63, 3.8) is 0 Å². The third kappa shape index (κ3) is 3.66. The number of methoxy groups -OCH3 is 1. The van der Waals surface area contributed by atoms with Gasteiger partial charge in [-0.1, -0.05) is 30.3 Å². The molecule has 0 saturated carbocycles. The van der Waals surface area contributed by atoms with Gasteiger partial charge in [-0.25, -0.2) is 4.98 Å². The molecule has 0 spiro atoms. The lowest BCUT2D eigenvalue weighted by Crippen LogP contribution is -2.05. The molecule has 0 unspecified atom stereocenters. The predicted molar refractivity (Wildman–Crippen MR) is 116 cm³/mol. The van der Waals surface area contributed by atoms with E-state index in [9.17, 15) is 5.26 Å². The van der Waals surface area contributed by atoms with Crippen LogP contribution >= 0.6 is 0 Å². The second-order valence-electron chi connectivity index (χ2n) is 6.63. The molecule has 30 heavy (non-hydrogen) atoms. The van der Waals surface area contributed by atoms with Crippen molar-refractivity contribution in [3.05, 3.63) is 71.8 Å². The van der Waals surface area contributed by atoms with Crippen LogP contribution in [0.2, 0.25) is 0 Å². The monoisotopic (exact) mass is 397 g/mol. The summed E-state index contributed by atoms with van der Waals surface area (Å²) >= 11 is 0. The van der Waals surface area contributed by atoms with E-state index in [4.69, 9.17) is 20.9 Å². The molecule has 0 atom stereocenters. The fourth-order valence-electron chi connectivity index (χ4n) is 3.27. The van der Waals surface area contributed by atoms with Gasteiger partial charge in [0, 0.05) is 11.1 Å². The van der Waals surface area contributed by atoms with E-state index in [2.05, 4.69) is 16.0 Å². The number of nitriles is 1. The second kappa shape index (κ2) is 7.97. The first-order valence-electron chi connectivity index (χ1n) is 9.21. The highest BCUT2D eigenvalue weighted by Gasteiger charge is 2.15. The van der Waals surface area contributed by atoms with Gasteiger partial charge in [-0.15, -0.1) is 0 Å². The molecule has 3 aromatic carbocycles. The summed E-state index contributed by atoms with van der Waals surface area (Å²) in [6.07, 6.45) is 0. The quantitative estimate of drug-likeness (QED) is 0.523. The number of aromatic nitrogens is 2. The van der Waals surface area contributed by atoms with Crippen LogP contribution in [0.15, 0.2) is 60.7 Å². The van der Waals surface area contributed by atoms with Crippen LogP contribution < -0.4 is 20.9 Å². The number of hydrogen-bond donors (Lipinski definition) is 2. The minimum Gasteiger partial charge on any atom is -0.496 e. The van der Waals surface area contributed by atoms with E-state index in [0.29, 0.717) is 17.0 Å². The van der Waals surface area contributed by atoms with Gasteiger partial charge in [-0.2, -0.15) is 10.2 Å². The predicted octanol–water partition coefficient (Wildman–Crippen LogP) is 3.92. The Balaban J connectivity index is 1.67. The van der Waals surface area contributed by atoms with Crippen molar-refractivity contribution < 1.29 is 9.47 Å². The van der Waals surface area contributed by atoms with E-state index in [1.165, 1.54) is 0 Å². The molecule has 0 aliphatic rings. The number of anilines is 2. The molecule has 4 N–H and O–H groups in total. The summed E-state index contributed by atoms with van der Waals surface area (Å²) in [5.74, 6) is 1.46. The van der Waals surface area contributed by atoms with Crippen molar-refractivity contribution >= 4 is 22.5 Å². The molecule has 1 aromatic heterocycles. The fraction of sp³-hybridized carbons (Fsp3) is 0.0870. The van der Waals surface area contributed by atoms with Gasteiger partial charge in [-0.05, 0) is 41.1 Å². The molecular weight excluding hydrogens is 378 g/mol. The van der Waals surface area contributed by atoms with Crippen LogP contribution in [0.25, 0.3) is 22.0 Å². The highest BCUT2D eigenvalue weighted by atomic mass is 16.5. The largest absolute Gasteiger partial charge is 0.496 e. The van der Waals surface area contributed by atoms with Crippen molar-refractivity contribution in [1.29, 1.82) is 5.26 Å². The van der Waals surface area contributed by atoms with E-state index in [1.54, 1.807) is 19.2 Å². The summed E-state index contributed by atoms with van der Waals surface area (Å²) in [5, 5.41) is 11.7. The summed E-state index contributed by atoms with van der Waals surface area (Å²) in [6, 6.07) is 21.5. The topological polar surface area (TPSA) is 120 Å². The number of fused-ring (bicyclic) bond motifs is 1. The Bertz CT molecular complexity index is 1280. The first-order valence-corrected chi connectivity index (χ1v) is 9.21. The molecule has 7 heteroatoms. The minimum atomic E-state index is 0.00582. The molecule has 148 valence electrons. The summed E-state index contributed by atoms with van der Waals surface area (Å²) < 4.78 is 11.5. The molecule has 1 heterocycles. The molecule has 0 aliphatic carbocycles. The number of rotatable bonds is 5. The van der Waals surface area contributed by atoms with E-state index in [0.717, 1.165) is 22.1 Å². The van der Waals surface area contributed by atoms with Crippen molar-refractivity contribution in [2.75, 3.05) is 18.6 Å². The normalized spacial score (nSPS) is 10.5. The molecule has 4 aromatic rings. The summed E-state index contributed by atoms with van der Waals surface area (Å²) in [4.78, 5) is 8.07. The number of nitrogens with zero attached hydrogens (tertiary/aromatic N) is 3. The maximum atomic E-state index is 9.46. The Labute approximate surface area is 173 Å². The van der Waals surface area contributed by atoms with Gasteiger partial charge in [0.2, 0.25) is 5.95 Å². The standard InChI is InChI=1S/C23H19N5O2/c1-29-20-9-7-16(21-19(12-24)22(25)28-23(26)27-21)10-17(20)13-30-18-8-6-14-4-2-3-5-15(14)11-18/h2-11H,13H2,1H3,(H4,25,26,27,28). The third-order valence-electron chi connectivity index (χ3n) is 4.74. The maximum absolute atomic E-state index is 9.46. The van der Waals surface area contributed by atoms with Gasteiger partial charge in [0.1, 0.15) is 35.6 Å². The Morgan fingerprint density at radius 1 is 0.967 bits per heavy atom. The van der Waals surface area contributed by atoms with Crippen molar-refractivity contribution in [3.8, 4) is 28.8 Å². The SMILES string of the molecule is COc1ccc(-c2nc(N)nc(N)c2C#N)cc1COc1ccc2ccccc2c1. The van der Waals surface area contributed by atoms with Crippen molar-refractivity contribution in [2.45, 2.75) is 6.61 Å². The van der Waals surface area contributed by atoms with Crippen LogP contribution in [0.5, 0.6) is 11.5 Å². The Kier molecular flexibility index (Phi) is 5.06. The maximum Gasteiger partial charge on any atom is 0.222 e. The van der Waals surface area contributed by atoms with Gasteiger partial charge in [0.25, 0.3) is 0 Å².